The molecule has 0 aliphatic carbocycles. The molecule has 0 saturated carbocycles. The normalized spacial score (nSPS) is 12.3. The Morgan fingerprint density at radius 2 is 1.94 bits per heavy atom. The first-order chi connectivity index (χ1) is 16.9. The number of alkyl halides is 1. The van der Waals surface area contributed by atoms with Crippen molar-refractivity contribution in [1.82, 2.24) is 15.6 Å². The molecule has 1 heterocycles. The van der Waals surface area contributed by atoms with Gasteiger partial charge in [0.1, 0.15) is 31.1 Å². The number of aromatic nitrogens is 1. The predicted molar refractivity (Wildman–Crippen MR) is 130 cm³/mol. The number of amidine groups is 1. The number of hydrogen-bond donors (Lipinski definition) is 6. The van der Waals surface area contributed by atoms with Crippen LogP contribution < -0.4 is 33.1 Å². The highest BCUT2D eigenvalue weighted by Gasteiger charge is 2.22. The van der Waals surface area contributed by atoms with Crippen LogP contribution in [0.1, 0.15) is 22.7 Å². The van der Waals surface area contributed by atoms with Crippen LogP contribution >= 0.6 is 0 Å². The molecular weight excluding hydrogens is 458 g/mol. The zero-order valence-electron chi connectivity index (χ0n) is 18.9. The minimum Gasteiger partial charge on any atom is -0.383 e. The summed E-state index contributed by atoms with van der Waals surface area (Å²) in [4.78, 5) is 16.3. The minimum atomic E-state index is -1.09. The fourth-order valence-electron chi connectivity index (χ4n) is 3.59. The molecule has 184 valence electrons. The number of hydrazine groups is 1. The number of halogens is 2. The molecule has 1 amide bonds. The molecule has 1 aromatic heterocycles. The number of aliphatic hydroxyl groups is 1. The Balaban J connectivity index is 1.96. The quantitative estimate of drug-likeness (QED) is 0.0913. The van der Waals surface area contributed by atoms with E-state index in [4.69, 9.17) is 22.5 Å². The van der Waals surface area contributed by atoms with E-state index in [2.05, 4.69) is 20.7 Å². The van der Waals surface area contributed by atoms with Crippen LogP contribution in [-0.2, 0) is 11.5 Å². The van der Waals surface area contributed by atoms with Crippen LogP contribution in [0.3, 0.4) is 0 Å². The first-order valence-electron chi connectivity index (χ1n) is 10.4. The van der Waals surface area contributed by atoms with E-state index < -0.39 is 25.3 Å². The first-order valence-corrected chi connectivity index (χ1v) is 10.4. The van der Waals surface area contributed by atoms with Gasteiger partial charge in [0.25, 0.3) is 0 Å². The third-order valence-corrected chi connectivity index (χ3v) is 5.38. The molecule has 0 spiro atoms. The fraction of sp³-hybridized carbons (Fsp3) is 0.174. The monoisotopic (exact) mass is 484 g/mol. The van der Waals surface area contributed by atoms with Crippen LogP contribution in [0.15, 0.2) is 59.8 Å². The van der Waals surface area contributed by atoms with Crippen LogP contribution in [0.25, 0.3) is 11.1 Å². The topological polar surface area (TPSA) is 168 Å². The van der Waals surface area contributed by atoms with Gasteiger partial charge in [0, 0.05) is 17.3 Å². The maximum Gasteiger partial charge on any atom is 0.243 e. The molecule has 2 aromatic carbocycles. The lowest BCUT2D eigenvalue weighted by Gasteiger charge is -2.23. The second-order valence-electron chi connectivity index (χ2n) is 7.39. The minimum absolute atomic E-state index is 0.0325. The summed E-state index contributed by atoms with van der Waals surface area (Å²) in [6, 6.07) is 12.0. The van der Waals surface area contributed by atoms with Crippen molar-refractivity contribution in [3.8, 4) is 11.1 Å². The van der Waals surface area contributed by atoms with Crippen LogP contribution in [0.2, 0.25) is 0 Å². The van der Waals surface area contributed by atoms with Crippen LogP contribution in [0.5, 0.6) is 0 Å². The molecule has 0 aliphatic heterocycles. The number of amides is 1. The van der Waals surface area contributed by atoms with Crippen LogP contribution in [0, 0.1) is 5.82 Å². The van der Waals surface area contributed by atoms with E-state index in [-0.39, 0.29) is 34.4 Å². The number of pyridine rings is 1. The number of hydrogen-bond acceptors (Lipinski definition) is 8. The Morgan fingerprint density at radius 3 is 2.54 bits per heavy atom. The predicted octanol–water partition coefficient (Wildman–Crippen LogP) is 1.27. The van der Waals surface area contributed by atoms with Gasteiger partial charge in [0.15, 0.2) is 5.84 Å². The SMILES string of the molecule is CNC(C(=O)NCO)c1ccc(-c2cnc(N)c(/C(=N/N)N(N)c3cccc(F)c3CF)c2)cc1. The number of aliphatic hydroxyl groups excluding tert-OH is 1. The number of likely N-dealkylation sites (N-methyl/N-ethyl adjacent to an activating group) is 1. The molecule has 10 nitrogen and oxygen atoms in total. The van der Waals surface area contributed by atoms with Gasteiger partial charge in [-0.15, -0.1) is 0 Å². The van der Waals surface area contributed by atoms with Gasteiger partial charge in [-0.3, -0.25) is 9.80 Å². The number of anilines is 2. The average molecular weight is 485 g/mol. The van der Waals surface area contributed by atoms with Gasteiger partial charge in [0.05, 0.1) is 11.3 Å². The molecule has 3 aromatic rings. The summed E-state index contributed by atoms with van der Waals surface area (Å²) in [5.41, 5.74) is 8.12. The van der Waals surface area contributed by atoms with Crippen molar-refractivity contribution in [2.45, 2.75) is 12.7 Å². The molecule has 35 heavy (non-hydrogen) atoms. The van der Waals surface area contributed by atoms with Gasteiger partial charge in [-0.1, -0.05) is 30.3 Å². The summed E-state index contributed by atoms with van der Waals surface area (Å²) in [6.45, 7) is -1.56. The Bertz CT molecular complexity index is 1220. The smallest absolute Gasteiger partial charge is 0.243 e. The average Bonchev–Trinajstić information content (AvgIpc) is 2.86. The zero-order chi connectivity index (χ0) is 25.5. The second-order valence-corrected chi connectivity index (χ2v) is 7.39. The van der Waals surface area contributed by atoms with Crippen LogP contribution in [-0.4, -0.2) is 35.6 Å². The number of carbonyl (C=O) groups excluding carboxylic acids is 1. The molecular formula is C23H26F2N8O2. The van der Waals surface area contributed by atoms with Crippen molar-refractivity contribution in [3.63, 3.8) is 0 Å². The van der Waals surface area contributed by atoms with E-state index in [1.54, 1.807) is 37.4 Å². The van der Waals surface area contributed by atoms with Gasteiger partial charge in [-0.2, -0.15) is 5.10 Å². The zero-order valence-corrected chi connectivity index (χ0v) is 18.9. The highest BCUT2D eigenvalue weighted by Crippen LogP contribution is 2.28. The number of nitrogen functional groups attached to an aromatic ring is 1. The van der Waals surface area contributed by atoms with Crippen molar-refractivity contribution in [2.24, 2.45) is 16.8 Å². The lowest BCUT2D eigenvalue weighted by molar-refractivity contribution is -0.124. The van der Waals surface area contributed by atoms with Crippen LogP contribution in [0.4, 0.5) is 20.3 Å². The Morgan fingerprint density at radius 1 is 1.23 bits per heavy atom. The molecule has 1 atom stereocenters. The summed E-state index contributed by atoms with van der Waals surface area (Å²) < 4.78 is 27.6. The summed E-state index contributed by atoms with van der Waals surface area (Å²) in [6.07, 6.45) is 1.53. The molecule has 0 fully saturated rings. The lowest BCUT2D eigenvalue weighted by atomic mass is 10.00. The van der Waals surface area contributed by atoms with Crippen molar-refractivity contribution in [3.05, 3.63) is 77.2 Å². The van der Waals surface area contributed by atoms with E-state index in [9.17, 15) is 13.6 Å². The van der Waals surface area contributed by atoms with Gasteiger partial charge < -0.3 is 27.3 Å². The molecule has 0 saturated heterocycles. The standard InChI is InChI=1S/C23H26F2N8O2/c1-29-20(23(35)31-12-34)14-7-5-13(6-8-14)15-9-16(21(26)30-11-15)22(32-27)33(28)19-4-2-3-18(25)17(19)10-24/h2-9,11,20,29,34H,10,12,27-28H2,1H3,(H2,26,30)(H,31,35)/b32-22-. The molecule has 0 aliphatic rings. The summed E-state index contributed by atoms with van der Waals surface area (Å²) in [7, 11) is 1.63. The lowest BCUT2D eigenvalue weighted by Crippen LogP contribution is -2.40. The molecule has 9 N–H and O–H groups in total. The van der Waals surface area contributed by atoms with E-state index in [0.29, 0.717) is 11.1 Å². The third kappa shape index (κ3) is 5.35. The first kappa shape index (κ1) is 25.5. The number of benzene rings is 2. The van der Waals surface area contributed by atoms with Gasteiger partial charge in [-0.25, -0.2) is 19.6 Å². The second kappa shape index (κ2) is 11.3. The van der Waals surface area contributed by atoms with E-state index in [1.807, 2.05) is 0 Å². The van der Waals surface area contributed by atoms with Gasteiger partial charge >= 0.3 is 0 Å². The summed E-state index contributed by atoms with van der Waals surface area (Å²) in [5, 5.41) is 18.8. The Labute approximate surface area is 200 Å². The van der Waals surface area contributed by atoms with E-state index in [0.717, 1.165) is 16.6 Å². The molecule has 0 bridgehead atoms. The third-order valence-electron chi connectivity index (χ3n) is 5.38. The maximum atomic E-state index is 14.1. The van der Waals surface area contributed by atoms with Gasteiger partial charge in [-0.05, 0) is 36.4 Å². The largest absolute Gasteiger partial charge is 0.383 e. The summed E-state index contributed by atoms with van der Waals surface area (Å²) in [5.74, 6) is 10.6. The molecule has 1 unspecified atom stereocenters. The van der Waals surface area contributed by atoms with E-state index >= 15 is 0 Å². The number of rotatable bonds is 8. The fourth-order valence-corrected chi connectivity index (χ4v) is 3.59. The Hall–Kier alpha value is -4.13. The maximum absolute atomic E-state index is 14.1. The number of hydrazone groups is 1. The number of nitrogens with zero attached hydrogens (tertiary/aromatic N) is 3. The molecule has 12 heteroatoms. The number of carbonyl (C=O) groups is 1. The highest BCUT2D eigenvalue weighted by molar-refractivity contribution is 6.12. The van der Waals surface area contributed by atoms with Crippen molar-refractivity contribution < 1.29 is 18.7 Å². The van der Waals surface area contributed by atoms with Gasteiger partial charge in [0.2, 0.25) is 5.91 Å². The number of nitrogens with two attached hydrogens (primary N) is 3. The van der Waals surface area contributed by atoms with Crippen molar-refractivity contribution in [1.29, 1.82) is 0 Å². The summed E-state index contributed by atoms with van der Waals surface area (Å²) >= 11 is 0. The van der Waals surface area contributed by atoms with E-state index in [1.165, 1.54) is 18.3 Å². The van der Waals surface area contributed by atoms with Crippen molar-refractivity contribution in [2.75, 3.05) is 24.5 Å². The highest BCUT2D eigenvalue weighted by atomic mass is 19.1. The molecule has 3 rings (SSSR count). The molecule has 0 radical (unpaired) electrons. The van der Waals surface area contributed by atoms with Crippen molar-refractivity contribution >= 4 is 23.2 Å². The Kier molecular flexibility index (Phi) is 8.25. The number of nitrogens with one attached hydrogen (secondary N) is 2.